The first kappa shape index (κ1) is 28.9. The van der Waals surface area contributed by atoms with Gasteiger partial charge in [0, 0.05) is 13.0 Å². The van der Waals surface area contributed by atoms with E-state index in [1.54, 1.807) is 32.4 Å². The van der Waals surface area contributed by atoms with E-state index in [1.807, 2.05) is 54.6 Å². The molecule has 10 heteroatoms. The van der Waals surface area contributed by atoms with Crippen LogP contribution in [0.5, 0.6) is 11.5 Å². The third kappa shape index (κ3) is 5.75. The Kier molecular flexibility index (Phi) is 8.35. The zero-order valence-corrected chi connectivity index (χ0v) is 24.1. The summed E-state index contributed by atoms with van der Waals surface area (Å²) in [6, 6.07) is 23.1. The van der Waals surface area contributed by atoms with Crippen LogP contribution >= 0.6 is 0 Å². The summed E-state index contributed by atoms with van der Waals surface area (Å²) >= 11 is 0. The fourth-order valence-corrected chi connectivity index (χ4v) is 7.30. The topological polar surface area (TPSA) is 122 Å². The summed E-state index contributed by atoms with van der Waals surface area (Å²) in [6.45, 7) is 0.226. The van der Waals surface area contributed by atoms with Gasteiger partial charge in [0.15, 0.2) is 9.84 Å². The molecule has 42 heavy (non-hydrogen) atoms. The van der Waals surface area contributed by atoms with Crippen LogP contribution in [0.3, 0.4) is 0 Å². The molecule has 0 bridgehead atoms. The van der Waals surface area contributed by atoms with Crippen molar-refractivity contribution >= 4 is 32.6 Å². The minimum absolute atomic E-state index is 0.0308. The van der Waals surface area contributed by atoms with E-state index in [9.17, 15) is 23.1 Å². The average molecular weight is 589 g/mol. The summed E-state index contributed by atoms with van der Waals surface area (Å²) in [5.41, 5.74) is 2.45. The second-order valence-corrected chi connectivity index (χ2v) is 12.2. The highest BCUT2D eigenvalue weighted by Gasteiger charge is 2.40. The van der Waals surface area contributed by atoms with E-state index in [-0.39, 0.29) is 24.3 Å². The molecule has 1 fully saturated rings. The summed E-state index contributed by atoms with van der Waals surface area (Å²) in [4.78, 5) is 26.7. The summed E-state index contributed by atoms with van der Waals surface area (Å²) in [5.74, 6) is 0.160. The number of urea groups is 1. The lowest BCUT2D eigenvalue weighted by molar-refractivity contribution is -0.139. The number of hydrogen-bond donors (Lipinski definition) is 2. The molecule has 4 aromatic carbocycles. The molecule has 1 unspecified atom stereocenters. The van der Waals surface area contributed by atoms with Gasteiger partial charge in [0.25, 0.3) is 0 Å². The predicted octanol–water partition coefficient (Wildman–Crippen LogP) is 5.13. The van der Waals surface area contributed by atoms with E-state index in [1.165, 1.54) is 17.0 Å². The summed E-state index contributed by atoms with van der Waals surface area (Å²) in [6.07, 6.45) is 0.827. The van der Waals surface area contributed by atoms with Crippen LogP contribution in [0.15, 0.2) is 89.8 Å². The number of aliphatic carboxylic acids is 1. The number of nitrogens with one attached hydrogen (secondary N) is 1. The molecular weight excluding hydrogens is 556 g/mol. The number of sulfone groups is 1. The fraction of sp³-hybridized carbons (Fsp3) is 0.250. The molecule has 0 aliphatic carbocycles. The standard InChI is InChI=1S/C32H32N2O7S/c1-40-27-10-6-11-28(41-2)30(27)24-16-15-22-18-21(13-14-23(22)20-24)19-26(31(35)36)33-32(37)34-17-7-12-29(34)42(38,39)25-8-4-3-5-9-25/h3-6,8-11,13-16,18,20,26,29H,7,12,17,19H2,1-2H3,(H,33,37)(H,35,36)/t26?,29-/m0/s1. The van der Waals surface area contributed by atoms with Crippen LogP contribution in [-0.4, -0.2) is 62.6 Å². The molecule has 0 spiro atoms. The summed E-state index contributed by atoms with van der Waals surface area (Å²) < 4.78 is 37.5. The van der Waals surface area contributed by atoms with Gasteiger partial charge in [0.1, 0.15) is 22.9 Å². The van der Waals surface area contributed by atoms with E-state index in [4.69, 9.17) is 9.47 Å². The Hall–Kier alpha value is -4.57. The second kappa shape index (κ2) is 12.1. The molecule has 218 valence electrons. The van der Waals surface area contributed by atoms with Gasteiger partial charge in [-0.05, 0) is 65.1 Å². The number of fused-ring (bicyclic) bond motifs is 1. The van der Waals surface area contributed by atoms with Crippen molar-refractivity contribution in [2.24, 2.45) is 0 Å². The van der Waals surface area contributed by atoms with Gasteiger partial charge in [-0.25, -0.2) is 18.0 Å². The Balaban J connectivity index is 1.34. The van der Waals surface area contributed by atoms with E-state index in [2.05, 4.69) is 5.32 Å². The monoisotopic (exact) mass is 588 g/mol. The number of carboxylic acids is 1. The number of ether oxygens (including phenoxy) is 2. The van der Waals surface area contributed by atoms with Crippen LogP contribution in [-0.2, 0) is 21.1 Å². The second-order valence-electron chi connectivity index (χ2n) is 10.1. The van der Waals surface area contributed by atoms with Crippen molar-refractivity contribution in [3.63, 3.8) is 0 Å². The highest BCUT2D eigenvalue weighted by molar-refractivity contribution is 7.92. The van der Waals surface area contributed by atoms with Crippen molar-refractivity contribution < 1.29 is 32.6 Å². The smallest absolute Gasteiger partial charge is 0.326 e. The van der Waals surface area contributed by atoms with Crippen molar-refractivity contribution in [1.82, 2.24) is 10.2 Å². The molecule has 0 radical (unpaired) electrons. The number of hydrogen-bond acceptors (Lipinski definition) is 6. The Morgan fingerprint density at radius 3 is 2.26 bits per heavy atom. The average Bonchev–Trinajstić information content (AvgIpc) is 3.52. The van der Waals surface area contributed by atoms with Crippen LogP contribution in [0.1, 0.15) is 18.4 Å². The molecule has 2 N–H and O–H groups in total. The number of benzene rings is 4. The SMILES string of the molecule is COc1cccc(OC)c1-c1ccc2cc(CC(NC(=O)N3CCC[C@@H]3S(=O)(=O)c3ccccc3)C(=O)O)ccc2c1. The molecule has 4 aromatic rings. The van der Waals surface area contributed by atoms with Crippen molar-refractivity contribution in [2.45, 2.75) is 35.6 Å². The molecule has 0 saturated carbocycles. The Labute approximate surface area is 244 Å². The summed E-state index contributed by atoms with van der Waals surface area (Å²) in [5, 5.41) is 13.3. The highest BCUT2D eigenvalue weighted by Crippen LogP contribution is 2.39. The van der Waals surface area contributed by atoms with Crippen molar-refractivity contribution in [3.05, 3.63) is 90.5 Å². The largest absolute Gasteiger partial charge is 0.496 e. The Morgan fingerprint density at radius 1 is 0.929 bits per heavy atom. The number of rotatable bonds is 9. The van der Waals surface area contributed by atoms with Crippen LogP contribution in [0, 0.1) is 0 Å². The van der Waals surface area contributed by atoms with Crippen LogP contribution in [0.4, 0.5) is 4.79 Å². The molecule has 9 nitrogen and oxygen atoms in total. The minimum atomic E-state index is -3.80. The normalized spacial score (nSPS) is 15.8. The van der Waals surface area contributed by atoms with Gasteiger partial charge in [-0.15, -0.1) is 0 Å². The first-order chi connectivity index (χ1) is 20.2. The molecule has 0 aromatic heterocycles. The minimum Gasteiger partial charge on any atom is -0.496 e. The van der Waals surface area contributed by atoms with Gasteiger partial charge in [-0.1, -0.05) is 54.6 Å². The number of carbonyl (C=O) groups excluding carboxylic acids is 1. The lowest BCUT2D eigenvalue weighted by Gasteiger charge is -2.26. The van der Waals surface area contributed by atoms with Gasteiger partial charge in [-0.3, -0.25) is 0 Å². The number of carboxylic acid groups (broad SMARTS) is 1. The number of methoxy groups -OCH3 is 2. The summed E-state index contributed by atoms with van der Waals surface area (Å²) in [7, 11) is -0.590. The number of nitrogens with zero attached hydrogens (tertiary/aromatic N) is 1. The highest BCUT2D eigenvalue weighted by atomic mass is 32.2. The zero-order chi connectivity index (χ0) is 29.9. The quantitative estimate of drug-likeness (QED) is 0.278. The van der Waals surface area contributed by atoms with E-state index >= 15 is 0 Å². The molecular formula is C32H32N2O7S. The fourth-order valence-electron chi connectivity index (χ4n) is 5.44. The van der Waals surface area contributed by atoms with Gasteiger partial charge in [-0.2, -0.15) is 0 Å². The number of amides is 2. The van der Waals surface area contributed by atoms with Gasteiger partial charge in [0.05, 0.1) is 24.7 Å². The van der Waals surface area contributed by atoms with Crippen LogP contribution in [0.25, 0.3) is 21.9 Å². The van der Waals surface area contributed by atoms with E-state index in [0.717, 1.165) is 21.9 Å². The maximum atomic E-state index is 13.2. The van der Waals surface area contributed by atoms with Crippen molar-refractivity contribution in [3.8, 4) is 22.6 Å². The van der Waals surface area contributed by atoms with Gasteiger partial charge >= 0.3 is 12.0 Å². The van der Waals surface area contributed by atoms with Crippen LogP contribution < -0.4 is 14.8 Å². The molecule has 1 aliphatic rings. The van der Waals surface area contributed by atoms with Gasteiger partial charge < -0.3 is 24.8 Å². The first-order valence-corrected chi connectivity index (χ1v) is 15.1. The number of likely N-dealkylation sites (tertiary alicyclic amines) is 1. The maximum absolute atomic E-state index is 13.2. The Bertz CT molecular complexity index is 1700. The molecule has 5 rings (SSSR count). The maximum Gasteiger partial charge on any atom is 0.326 e. The third-order valence-corrected chi connectivity index (χ3v) is 9.68. The van der Waals surface area contributed by atoms with Gasteiger partial charge in [0.2, 0.25) is 0 Å². The molecule has 1 aliphatic heterocycles. The number of carbonyl (C=O) groups is 2. The molecule has 1 heterocycles. The first-order valence-electron chi connectivity index (χ1n) is 13.6. The Morgan fingerprint density at radius 2 is 1.60 bits per heavy atom. The van der Waals surface area contributed by atoms with Crippen molar-refractivity contribution in [2.75, 3.05) is 20.8 Å². The van der Waals surface area contributed by atoms with E-state index in [0.29, 0.717) is 23.5 Å². The van der Waals surface area contributed by atoms with Crippen molar-refractivity contribution in [1.29, 1.82) is 0 Å². The van der Waals surface area contributed by atoms with Crippen LogP contribution in [0.2, 0.25) is 0 Å². The molecule has 2 amide bonds. The predicted molar refractivity (Wildman–Crippen MR) is 160 cm³/mol. The molecule has 1 saturated heterocycles. The molecule has 2 atom stereocenters. The third-order valence-electron chi connectivity index (χ3n) is 7.55. The lowest BCUT2D eigenvalue weighted by atomic mass is 9.97. The van der Waals surface area contributed by atoms with E-state index < -0.39 is 33.3 Å². The lowest BCUT2D eigenvalue weighted by Crippen LogP contribution is -2.51. The zero-order valence-electron chi connectivity index (χ0n) is 23.3.